The van der Waals surface area contributed by atoms with E-state index in [1.54, 1.807) is 55.6 Å². The van der Waals surface area contributed by atoms with E-state index in [4.69, 9.17) is 9.47 Å². The summed E-state index contributed by atoms with van der Waals surface area (Å²) in [6.07, 6.45) is 0. The van der Waals surface area contributed by atoms with E-state index in [2.05, 4.69) is 20.8 Å². The molecule has 34 heavy (non-hydrogen) atoms. The lowest BCUT2D eigenvalue weighted by atomic mass is 10.2. The van der Waals surface area contributed by atoms with Crippen LogP contribution in [0.5, 0.6) is 11.5 Å². The van der Waals surface area contributed by atoms with Crippen molar-refractivity contribution in [1.29, 1.82) is 0 Å². The fraction of sp³-hybridized carbons (Fsp3) is 0.120. The molecule has 172 valence electrons. The summed E-state index contributed by atoms with van der Waals surface area (Å²) in [5.41, 5.74) is 2.67. The number of para-hydroxylation sites is 1. The molecule has 1 heterocycles. The van der Waals surface area contributed by atoms with Crippen molar-refractivity contribution in [2.24, 2.45) is 0 Å². The van der Waals surface area contributed by atoms with E-state index in [0.717, 1.165) is 22.6 Å². The number of methoxy groups -OCH3 is 1. The molecule has 0 unspecified atom stereocenters. The van der Waals surface area contributed by atoms with Crippen LogP contribution in [0.15, 0.2) is 72.8 Å². The van der Waals surface area contributed by atoms with Crippen molar-refractivity contribution < 1.29 is 19.1 Å². The Balaban J connectivity index is 1.32. The van der Waals surface area contributed by atoms with Gasteiger partial charge in [0.2, 0.25) is 5.01 Å². The number of amides is 2. The van der Waals surface area contributed by atoms with Gasteiger partial charge in [0.15, 0.2) is 5.01 Å². The van der Waals surface area contributed by atoms with Crippen LogP contribution in [-0.2, 0) is 6.61 Å². The molecule has 4 aromatic rings. The Kier molecular flexibility index (Phi) is 7.14. The minimum Gasteiger partial charge on any atom is -0.497 e. The van der Waals surface area contributed by atoms with Gasteiger partial charge in [-0.1, -0.05) is 29.5 Å². The molecular formula is C25H22N4O4S. The highest BCUT2D eigenvalue weighted by Crippen LogP contribution is 2.20. The zero-order valence-corrected chi connectivity index (χ0v) is 19.4. The summed E-state index contributed by atoms with van der Waals surface area (Å²) in [7, 11) is 1.58. The topological polar surface area (TPSA) is 102 Å². The number of aromatic nitrogens is 2. The number of carbonyl (C=O) groups excluding carboxylic acids is 2. The average molecular weight is 475 g/mol. The molecule has 0 atom stereocenters. The fourth-order valence-electron chi connectivity index (χ4n) is 3.03. The molecule has 2 amide bonds. The van der Waals surface area contributed by atoms with Crippen LogP contribution in [0.25, 0.3) is 0 Å². The van der Waals surface area contributed by atoms with Gasteiger partial charge in [0.1, 0.15) is 18.1 Å². The summed E-state index contributed by atoms with van der Waals surface area (Å²) in [5.74, 6) is 0.833. The SMILES string of the molecule is COc1ccc(NC(=O)c2ccc(NC(=O)c3nnc(COc4ccccc4C)s3)cc2)cc1. The molecule has 2 N–H and O–H groups in total. The standard InChI is InChI=1S/C25H22N4O4S/c1-16-5-3-4-6-21(16)33-15-22-28-29-25(34-22)24(31)27-18-9-7-17(8-10-18)23(30)26-19-11-13-20(32-2)14-12-19/h3-14H,15H2,1-2H3,(H,26,30)(H,27,31). The van der Waals surface area contributed by atoms with Gasteiger partial charge in [-0.25, -0.2) is 0 Å². The fourth-order valence-corrected chi connectivity index (χ4v) is 3.68. The lowest BCUT2D eigenvalue weighted by Gasteiger charge is -2.07. The van der Waals surface area contributed by atoms with Crippen molar-refractivity contribution in [1.82, 2.24) is 10.2 Å². The summed E-state index contributed by atoms with van der Waals surface area (Å²) in [4.78, 5) is 25.0. The number of hydrogen-bond acceptors (Lipinski definition) is 7. The van der Waals surface area contributed by atoms with Gasteiger partial charge < -0.3 is 20.1 Å². The van der Waals surface area contributed by atoms with Crippen molar-refractivity contribution in [3.8, 4) is 11.5 Å². The number of nitrogens with one attached hydrogen (secondary N) is 2. The number of ether oxygens (including phenoxy) is 2. The molecule has 0 saturated heterocycles. The van der Waals surface area contributed by atoms with Crippen LogP contribution in [0.2, 0.25) is 0 Å². The Bertz CT molecular complexity index is 1290. The Labute approximate surface area is 200 Å². The number of hydrogen-bond donors (Lipinski definition) is 2. The minimum atomic E-state index is -0.380. The Morgan fingerprint density at radius 1 is 0.853 bits per heavy atom. The molecule has 0 aliphatic heterocycles. The van der Waals surface area contributed by atoms with Crippen molar-refractivity contribution in [2.45, 2.75) is 13.5 Å². The van der Waals surface area contributed by atoms with Crippen LogP contribution in [-0.4, -0.2) is 29.1 Å². The van der Waals surface area contributed by atoms with E-state index < -0.39 is 0 Å². The van der Waals surface area contributed by atoms with Crippen LogP contribution in [0, 0.1) is 6.92 Å². The zero-order chi connectivity index (χ0) is 23.9. The van der Waals surface area contributed by atoms with Crippen LogP contribution in [0.4, 0.5) is 11.4 Å². The number of carbonyl (C=O) groups is 2. The number of aryl methyl sites for hydroxylation is 1. The Hall–Kier alpha value is -4.24. The maximum atomic E-state index is 12.5. The van der Waals surface area contributed by atoms with Crippen molar-refractivity contribution in [3.05, 3.63) is 93.9 Å². The van der Waals surface area contributed by atoms with Crippen LogP contribution in [0.1, 0.15) is 30.7 Å². The van der Waals surface area contributed by atoms with E-state index in [1.165, 1.54) is 0 Å². The van der Waals surface area contributed by atoms with E-state index in [1.807, 2.05) is 31.2 Å². The van der Waals surface area contributed by atoms with Gasteiger partial charge in [0.05, 0.1) is 7.11 Å². The second kappa shape index (κ2) is 10.6. The average Bonchev–Trinajstić information content (AvgIpc) is 3.34. The summed E-state index contributed by atoms with van der Waals surface area (Å²) < 4.78 is 10.9. The van der Waals surface area contributed by atoms with Crippen LogP contribution in [0.3, 0.4) is 0 Å². The largest absolute Gasteiger partial charge is 0.497 e. The first-order chi connectivity index (χ1) is 16.5. The van der Waals surface area contributed by atoms with Crippen molar-refractivity contribution in [3.63, 3.8) is 0 Å². The Morgan fingerprint density at radius 3 is 2.18 bits per heavy atom. The first-order valence-corrected chi connectivity index (χ1v) is 11.2. The predicted molar refractivity (Wildman–Crippen MR) is 131 cm³/mol. The molecule has 9 heteroatoms. The van der Waals surface area contributed by atoms with Gasteiger partial charge in [-0.3, -0.25) is 9.59 Å². The van der Waals surface area contributed by atoms with Gasteiger partial charge in [-0.15, -0.1) is 10.2 Å². The Morgan fingerprint density at radius 2 is 1.50 bits per heavy atom. The molecule has 8 nitrogen and oxygen atoms in total. The first kappa shape index (κ1) is 22.9. The predicted octanol–water partition coefficient (Wildman–Crippen LogP) is 4.94. The van der Waals surface area contributed by atoms with Gasteiger partial charge in [0, 0.05) is 16.9 Å². The smallest absolute Gasteiger partial charge is 0.286 e. The third kappa shape index (κ3) is 5.76. The number of rotatable bonds is 8. The molecule has 1 aromatic heterocycles. The molecule has 0 radical (unpaired) electrons. The van der Waals surface area contributed by atoms with Gasteiger partial charge in [-0.05, 0) is 67.1 Å². The third-order valence-electron chi connectivity index (χ3n) is 4.86. The normalized spacial score (nSPS) is 10.4. The van der Waals surface area contributed by atoms with Gasteiger partial charge in [0.25, 0.3) is 11.8 Å². The molecule has 0 saturated carbocycles. The maximum absolute atomic E-state index is 12.5. The molecule has 0 spiro atoms. The van der Waals surface area contributed by atoms with Crippen molar-refractivity contribution >= 4 is 34.5 Å². The van der Waals surface area contributed by atoms with E-state index >= 15 is 0 Å². The lowest BCUT2D eigenvalue weighted by molar-refractivity contribution is 0.101. The summed E-state index contributed by atoms with van der Waals surface area (Å²) in [6, 6.07) is 21.3. The number of benzene rings is 3. The van der Waals surface area contributed by atoms with Gasteiger partial charge in [-0.2, -0.15) is 0 Å². The molecule has 3 aromatic carbocycles. The van der Waals surface area contributed by atoms with Crippen molar-refractivity contribution in [2.75, 3.05) is 17.7 Å². The lowest BCUT2D eigenvalue weighted by Crippen LogP contribution is -2.13. The number of nitrogens with zero attached hydrogens (tertiary/aromatic N) is 2. The molecule has 4 rings (SSSR count). The highest BCUT2D eigenvalue weighted by atomic mass is 32.1. The summed E-state index contributed by atoms with van der Waals surface area (Å²) in [6.45, 7) is 2.19. The second-order valence-electron chi connectivity index (χ2n) is 7.27. The highest BCUT2D eigenvalue weighted by Gasteiger charge is 2.14. The quantitative estimate of drug-likeness (QED) is 0.375. The second-order valence-corrected chi connectivity index (χ2v) is 8.33. The van der Waals surface area contributed by atoms with E-state index in [0.29, 0.717) is 27.7 Å². The highest BCUT2D eigenvalue weighted by molar-refractivity contribution is 7.13. The molecule has 0 aliphatic carbocycles. The van der Waals surface area contributed by atoms with Gasteiger partial charge >= 0.3 is 0 Å². The molecule has 0 bridgehead atoms. The van der Waals surface area contributed by atoms with Crippen LogP contribution >= 0.6 is 11.3 Å². The molecular weight excluding hydrogens is 452 g/mol. The molecule has 0 aliphatic rings. The zero-order valence-electron chi connectivity index (χ0n) is 18.6. The maximum Gasteiger partial charge on any atom is 0.286 e. The third-order valence-corrected chi connectivity index (χ3v) is 5.75. The summed E-state index contributed by atoms with van der Waals surface area (Å²) >= 11 is 1.16. The first-order valence-electron chi connectivity index (χ1n) is 10.4. The van der Waals surface area contributed by atoms with E-state index in [9.17, 15) is 9.59 Å². The molecule has 0 fully saturated rings. The number of anilines is 2. The minimum absolute atomic E-state index is 0.227. The monoisotopic (exact) mass is 474 g/mol. The van der Waals surface area contributed by atoms with Crippen LogP contribution < -0.4 is 20.1 Å². The van der Waals surface area contributed by atoms with E-state index in [-0.39, 0.29) is 23.4 Å². The summed E-state index contributed by atoms with van der Waals surface area (Å²) in [5, 5.41) is 14.4.